The number of carbonyl (C=O) groups is 1. The number of alkyl halides is 3. The first-order chi connectivity index (χ1) is 9.34. The average Bonchev–Trinajstić information content (AvgIpc) is 2.79. The van der Waals surface area contributed by atoms with E-state index in [1.807, 2.05) is 0 Å². The highest BCUT2D eigenvalue weighted by atomic mass is 19.4. The van der Waals surface area contributed by atoms with Gasteiger partial charge in [-0.15, -0.1) is 5.10 Å². The first-order valence-electron chi connectivity index (χ1n) is 5.31. The number of nitrogens with zero attached hydrogens (tertiary/aromatic N) is 3. The van der Waals surface area contributed by atoms with Crippen LogP contribution in [0.2, 0.25) is 0 Å². The van der Waals surface area contributed by atoms with Crippen LogP contribution >= 0.6 is 0 Å². The number of nitrogen functional groups attached to an aromatic ring is 1. The monoisotopic (exact) mass is 286 g/mol. The van der Waals surface area contributed by atoms with E-state index in [0.717, 1.165) is 23.9 Å². The Morgan fingerprint density at radius 3 is 2.70 bits per heavy atom. The molecule has 1 heterocycles. The molecule has 0 radical (unpaired) electrons. The Morgan fingerprint density at radius 2 is 2.10 bits per heavy atom. The summed E-state index contributed by atoms with van der Waals surface area (Å²) in [4.78, 5) is 11.3. The Bertz CT molecular complexity index is 651. The molecule has 0 unspecified atom stereocenters. The third-order valence-corrected chi connectivity index (χ3v) is 2.50. The number of ether oxygens (including phenoxy) is 1. The van der Waals surface area contributed by atoms with E-state index in [9.17, 15) is 18.0 Å². The van der Waals surface area contributed by atoms with Gasteiger partial charge in [-0.3, -0.25) is 0 Å². The fourth-order valence-electron chi connectivity index (χ4n) is 1.54. The molecule has 20 heavy (non-hydrogen) atoms. The molecule has 2 rings (SSSR count). The summed E-state index contributed by atoms with van der Waals surface area (Å²) in [5.74, 6) is -1.02. The Morgan fingerprint density at radius 1 is 1.40 bits per heavy atom. The number of benzene rings is 1. The summed E-state index contributed by atoms with van der Waals surface area (Å²) < 4.78 is 43.2. The zero-order chi connectivity index (χ0) is 14.9. The van der Waals surface area contributed by atoms with Crippen LogP contribution in [-0.2, 0) is 10.9 Å². The number of hydrogen-bond donors (Lipinski definition) is 1. The van der Waals surface area contributed by atoms with Crippen molar-refractivity contribution in [2.45, 2.75) is 6.18 Å². The summed E-state index contributed by atoms with van der Waals surface area (Å²) in [5.41, 5.74) is 4.55. The molecule has 6 nitrogen and oxygen atoms in total. The van der Waals surface area contributed by atoms with Gasteiger partial charge in [-0.1, -0.05) is 11.3 Å². The smallest absolute Gasteiger partial charge is 0.416 e. The Balaban J connectivity index is 2.48. The van der Waals surface area contributed by atoms with Gasteiger partial charge < -0.3 is 10.5 Å². The number of halogens is 3. The van der Waals surface area contributed by atoms with Crippen molar-refractivity contribution >= 4 is 11.8 Å². The van der Waals surface area contributed by atoms with Crippen LogP contribution in [0.15, 0.2) is 24.3 Å². The third kappa shape index (κ3) is 2.42. The molecule has 0 aliphatic carbocycles. The molecule has 0 aliphatic rings. The van der Waals surface area contributed by atoms with Crippen LogP contribution in [-0.4, -0.2) is 28.1 Å². The minimum atomic E-state index is -4.49. The molecule has 0 saturated carbocycles. The van der Waals surface area contributed by atoms with E-state index in [4.69, 9.17) is 5.73 Å². The van der Waals surface area contributed by atoms with Gasteiger partial charge in [0.2, 0.25) is 5.69 Å². The molecular weight excluding hydrogens is 277 g/mol. The fourth-order valence-corrected chi connectivity index (χ4v) is 1.54. The van der Waals surface area contributed by atoms with Crippen molar-refractivity contribution in [3.63, 3.8) is 0 Å². The fraction of sp³-hybridized carbons (Fsp3) is 0.182. The molecule has 0 spiro atoms. The average molecular weight is 286 g/mol. The summed E-state index contributed by atoms with van der Waals surface area (Å²) in [5, 5.41) is 7.04. The van der Waals surface area contributed by atoms with Crippen molar-refractivity contribution in [2.24, 2.45) is 0 Å². The first-order valence-corrected chi connectivity index (χ1v) is 5.31. The van der Waals surface area contributed by atoms with E-state index in [2.05, 4.69) is 15.0 Å². The molecule has 9 heteroatoms. The number of anilines is 1. The number of methoxy groups -OCH3 is 1. The first kappa shape index (κ1) is 13.8. The predicted molar refractivity (Wildman–Crippen MR) is 62.1 cm³/mol. The largest absolute Gasteiger partial charge is 0.464 e. The second kappa shape index (κ2) is 4.83. The van der Waals surface area contributed by atoms with E-state index in [1.54, 1.807) is 0 Å². The van der Waals surface area contributed by atoms with Crippen molar-refractivity contribution in [3.8, 4) is 5.69 Å². The van der Waals surface area contributed by atoms with E-state index in [-0.39, 0.29) is 17.2 Å². The summed E-state index contributed by atoms with van der Waals surface area (Å²) in [7, 11) is 1.13. The van der Waals surface area contributed by atoms with Gasteiger partial charge in [-0.05, 0) is 18.2 Å². The molecule has 0 bridgehead atoms. The Labute approximate surface area is 110 Å². The maximum absolute atomic E-state index is 12.6. The second-order valence-electron chi connectivity index (χ2n) is 3.77. The number of rotatable bonds is 2. The van der Waals surface area contributed by atoms with Gasteiger partial charge >= 0.3 is 12.1 Å². The van der Waals surface area contributed by atoms with E-state index in [1.165, 1.54) is 12.1 Å². The molecule has 0 atom stereocenters. The van der Waals surface area contributed by atoms with Crippen molar-refractivity contribution in [2.75, 3.05) is 12.8 Å². The zero-order valence-electron chi connectivity index (χ0n) is 10.2. The number of aromatic nitrogens is 3. The van der Waals surface area contributed by atoms with Crippen LogP contribution in [0.4, 0.5) is 19.0 Å². The lowest BCUT2D eigenvalue weighted by molar-refractivity contribution is -0.137. The van der Waals surface area contributed by atoms with Crippen molar-refractivity contribution in [3.05, 3.63) is 35.5 Å². The van der Waals surface area contributed by atoms with Gasteiger partial charge in [-0.25, -0.2) is 4.79 Å². The van der Waals surface area contributed by atoms with E-state index in [0.29, 0.717) is 0 Å². The summed E-state index contributed by atoms with van der Waals surface area (Å²) >= 11 is 0. The third-order valence-electron chi connectivity index (χ3n) is 2.50. The zero-order valence-corrected chi connectivity index (χ0v) is 10.2. The highest BCUT2D eigenvalue weighted by molar-refractivity contribution is 5.92. The van der Waals surface area contributed by atoms with Crippen LogP contribution in [0, 0.1) is 0 Å². The van der Waals surface area contributed by atoms with Crippen LogP contribution in [0.3, 0.4) is 0 Å². The van der Waals surface area contributed by atoms with Crippen LogP contribution in [0.25, 0.3) is 5.69 Å². The second-order valence-corrected chi connectivity index (χ2v) is 3.77. The van der Waals surface area contributed by atoms with Gasteiger partial charge in [0.25, 0.3) is 0 Å². The summed E-state index contributed by atoms with van der Waals surface area (Å²) in [6.45, 7) is 0. The van der Waals surface area contributed by atoms with Gasteiger partial charge in [0.15, 0.2) is 5.82 Å². The van der Waals surface area contributed by atoms with Crippen LogP contribution in [0.5, 0.6) is 0 Å². The van der Waals surface area contributed by atoms with Crippen molar-refractivity contribution < 1.29 is 22.7 Å². The molecular formula is C11H9F3N4O2. The predicted octanol–water partition coefficient (Wildman–Crippen LogP) is 1.65. The lowest BCUT2D eigenvalue weighted by Crippen LogP contribution is -2.09. The molecule has 0 saturated heterocycles. The van der Waals surface area contributed by atoms with Crippen LogP contribution < -0.4 is 5.73 Å². The molecule has 0 amide bonds. The maximum Gasteiger partial charge on any atom is 0.416 e. The van der Waals surface area contributed by atoms with E-state index < -0.39 is 17.7 Å². The van der Waals surface area contributed by atoms with Gasteiger partial charge in [-0.2, -0.15) is 17.9 Å². The highest BCUT2D eigenvalue weighted by Gasteiger charge is 2.31. The highest BCUT2D eigenvalue weighted by Crippen LogP contribution is 2.30. The number of nitrogens with two attached hydrogens (primary N) is 1. The molecule has 1 aromatic heterocycles. The molecule has 0 fully saturated rings. The number of carbonyl (C=O) groups excluding carboxylic acids is 1. The SMILES string of the molecule is COC(=O)c1nnn(-c2cccc(C(F)(F)F)c2)c1N. The minimum Gasteiger partial charge on any atom is -0.464 e. The van der Waals surface area contributed by atoms with Gasteiger partial charge in [0.05, 0.1) is 18.4 Å². The maximum atomic E-state index is 12.6. The molecule has 2 N–H and O–H groups in total. The lowest BCUT2D eigenvalue weighted by atomic mass is 10.2. The van der Waals surface area contributed by atoms with Gasteiger partial charge in [0, 0.05) is 0 Å². The lowest BCUT2D eigenvalue weighted by Gasteiger charge is -2.09. The normalized spacial score (nSPS) is 11.4. The van der Waals surface area contributed by atoms with Gasteiger partial charge in [0.1, 0.15) is 0 Å². The number of esters is 1. The number of hydrogen-bond acceptors (Lipinski definition) is 5. The summed E-state index contributed by atoms with van der Waals surface area (Å²) in [6, 6.07) is 4.34. The standard InChI is InChI=1S/C11H9F3N4O2/c1-20-10(19)8-9(15)18(17-16-8)7-4-2-3-6(5-7)11(12,13)14/h2-5H,15H2,1H3. The Hall–Kier alpha value is -2.58. The minimum absolute atomic E-state index is 0.0416. The topological polar surface area (TPSA) is 83.0 Å². The quantitative estimate of drug-likeness (QED) is 0.849. The molecule has 106 valence electrons. The van der Waals surface area contributed by atoms with E-state index >= 15 is 0 Å². The molecule has 0 aliphatic heterocycles. The van der Waals surface area contributed by atoms with Crippen LogP contribution in [0.1, 0.15) is 16.1 Å². The van der Waals surface area contributed by atoms with Crippen molar-refractivity contribution in [1.29, 1.82) is 0 Å². The van der Waals surface area contributed by atoms with Crippen molar-refractivity contribution in [1.82, 2.24) is 15.0 Å². The summed E-state index contributed by atoms with van der Waals surface area (Å²) in [6.07, 6.45) is -4.49. The Kier molecular flexibility index (Phi) is 3.35. The molecule has 2 aromatic rings. The molecule has 1 aromatic carbocycles.